The molecule has 2 amide bonds. The van der Waals surface area contributed by atoms with Crippen LogP contribution in [0, 0.1) is 19.8 Å². The van der Waals surface area contributed by atoms with E-state index in [9.17, 15) is 9.59 Å². The predicted molar refractivity (Wildman–Crippen MR) is 83.8 cm³/mol. The van der Waals surface area contributed by atoms with Crippen molar-refractivity contribution in [1.82, 2.24) is 5.32 Å². The highest BCUT2D eigenvalue weighted by Crippen LogP contribution is 2.17. The van der Waals surface area contributed by atoms with Crippen LogP contribution >= 0.6 is 0 Å². The van der Waals surface area contributed by atoms with E-state index in [4.69, 9.17) is 5.11 Å². The summed E-state index contributed by atoms with van der Waals surface area (Å²) in [5.74, 6) is -0.668. The largest absolute Gasteiger partial charge is 0.481 e. The number of aliphatic carboxylic acids is 1. The van der Waals surface area contributed by atoms with Gasteiger partial charge in [-0.25, -0.2) is 4.79 Å². The highest BCUT2D eigenvalue weighted by molar-refractivity contribution is 5.91. The molecular formula is C16H24N2O3. The summed E-state index contributed by atoms with van der Waals surface area (Å²) in [4.78, 5) is 24.2. The van der Waals surface area contributed by atoms with Crippen LogP contribution in [0.15, 0.2) is 18.2 Å². The van der Waals surface area contributed by atoms with E-state index in [0.717, 1.165) is 16.8 Å². The van der Waals surface area contributed by atoms with Crippen LogP contribution < -0.4 is 10.2 Å². The van der Waals surface area contributed by atoms with Crippen LogP contribution in [0.4, 0.5) is 10.5 Å². The number of benzene rings is 1. The lowest BCUT2D eigenvalue weighted by molar-refractivity contribution is -0.137. The molecule has 0 bridgehead atoms. The number of anilines is 1. The van der Waals surface area contributed by atoms with Gasteiger partial charge in [0.1, 0.15) is 0 Å². The molecular weight excluding hydrogens is 268 g/mol. The fourth-order valence-corrected chi connectivity index (χ4v) is 2.11. The SMILES string of the molecule is Cc1cc(C)cc(N(C)C(=O)NCC(C)CCC(=O)O)c1. The van der Waals surface area contributed by atoms with E-state index in [-0.39, 0.29) is 18.4 Å². The maximum atomic E-state index is 12.1. The number of carbonyl (C=O) groups excluding carboxylic acids is 1. The molecule has 5 heteroatoms. The number of carbonyl (C=O) groups is 2. The molecule has 0 radical (unpaired) electrons. The van der Waals surface area contributed by atoms with E-state index in [1.165, 1.54) is 0 Å². The summed E-state index contributed by atoms with van der Waals surface area (Å²) in [7, 11) is 1.73. The monoisotopic (exact) mass is 292 g/mol. The summed E-state index contributed by atoms with van der Waals surface area (Å²) in [5, 5.41) is 11.5. The van der Waals surface area contributed by atoms with E-state index in [1.807, 2.05) is 32.9 Å². The number of nitrogens with zero attached hydrogens (tertiary/aromatic N) is 1. The van der Waals surface area contributed by atoms with Crippen molar-refractivity contribution in [3.8, 4) is 0 Å². The van der Waals surface area contributed by atoms with Gasteiger partial charge >= 0.3 is 12.0 Å². The molecule has 0 aliphatic rings. The number of aryl methyl sites for hydroxylation is 2. The number of carboxylic acids is 1. The van der Waals surface area contributed by atoms with Crippen molar-refractivity contribution in [2.24, 2.45) is 5.92 Å². The van der Waals surface area contributed by atoms with Crippen molar-refractivity contribution >= 4 is 17.7 Å². The quantitative estimate of drug-likeness (QED) is 0.847. The van der Waals surface area contributed by atoms with E-state index >= 15 is 0 Å². The third kappa shape index (κ3) is 5.85. The molecule has 0 heterocycles. The van der Waals surface area contributed by atoms with Gasteiger partial charge in [-0.1, -0.05) is 13.0 Å². The standard InChI is InChI=1S/C16H24N2O3/c1-11(5-6-15(19)20)10-17-16(21)18(4)14-8-12(2)7-13(3)9-14/h7-9,11H,5-6,10H2,1-4H3,(H,17,21)(H,19,20). The number of amides is 2. The molecule has 21 heavy (non-hydrogen) atoms. The summed E-state index contributed by atoms with van der Waals surface area (Å²) >= 11 is 0. The molecule has 0 saturated carbocycles. The van der Waals surface area contributed by atoms with Gasteiger partial charge in [0.2, 0.25) is 0 Å². The number of rotatable bonds is 6. The van der Waals surface area contributed by atoms with Crippen molar-refractivity contribution in [3.63, 3.8) is 0 Å². The highest BCUT2D eigenvalue weighted by atomic mass is 16.4. The first kappa shape index (κ1) is 17.0. The zero-order chi connectivity index (χ0) is 16.0. The Balaban J connectivity index is 2.53. The van der Waals surface area contributed by atoms with Crippen molar-refractivity contribution in [1.29, 1.82) is 0 Å². The van der Waals surface area contributed by atoms with Crippen LogP contribution in [0.25, 0.3) is 0 Å². The lowest BCUT2D eigenvalue weighted by atomic mass is 10.1. The first-order valence-corrected chi connectivity index (χ1v) is 7.11. The zero-order valence-electron chi connectivity index (χ0n) is 13.1. The Kier molecular flexibility index (Phi) is 6.21. The maximum Gasteiger partial charge on any atom is 0.321 e. The maximum absolute atomic E-state index is 12.1. The Hall–Kier alpha value is -2.04. The van der Waals surface area contributed by atoms with E-state index in [0.29, 0.717) is 13.0 Å². The first-order valence-electron chi connectivity index (χ1n) is 7.11. The van der Waals surface area contributed by atoms with E-state index in [2.05, 4.69) is 11.4 Å². The summed E-state index contributed by atoms with van der Waals surface area (Å²) in [6.45, 7) is 6.40. The molecule has 0 spiro atoms. The minimum atomic E-state index is -0.805. The van der Waals surface area contributed by atoms with Crippen LogP contribution in [-0.2, 0) is 4.79 Å². The predicted octanol–water partition coefficient (Wildman–Crippen LogP) is 2.95. The fourth-order valence-electron chi connectivity index (χ4n) is 2.11. The van der Waals surface area contributed by atoms with Crippen LogP contribution in [0.3, 0.4) is 0 Å². The van der Waals surface area contributed by atoms with Gasteiger partial charge in [0.25, 0.3) is 0 Å². The van der Waals surface area contributed by atoms with Gasteiger partial charge in [-0.05, 0) is 49.4 Å². The zero-order valence-corrected chi connectivity index (χ0v) is 13.1. The normalized spacial score (nSPS) is 11.8. The van der Waals surface area contributed by atoms with Crippen molar-refractivity contribution in [2.45, 2.75) is 33.6 Å². The molecule has 1 unspecified atom stereocenters. The lowest BCUT2D eigenvalue weighted by Crippen LogP contribution is -2.39. The van der Waals surface area contributed by atoms with Crippen molar-refractivity contribution in [2.75, 3.05) is 18.5 Å². The number of hydrogen-bond donors (Lipinski definition) is 2. The Bertz CT molecular complexity index is 494. The average Bonchev–Trinajstić information content (AvgIpc) is 2.40. The Morgan fingerprint density at radius 1 is 1.24 bits per heavy atom. The van der Waals surface area contributed by atoms with Gasteiger partial charge in [0, 0.05) is 25.7 Å². The molecule has 0 fully saturated rings. The number of hydrogen-bond acceptors (Lipinski definition) is 2. The number of urea groups is 1. The summed E-state index contributed by atoms with van der Waals surface area (Å²) in [6.07, 6.45) is 0.687. The van der Waals surface area contributed by atoms with E-state index in [1.54, 1.807) is 11.9 Å². The first-order chi connectivity index (χ1) is 9.79. The smallest absolute Gasteiger partial charge is 0.321 e. The number of nitrogens with one attached hydrogen (secondary N) is 1. The van der Waals surface area contributed by atoms with Crippen LogP contribution in [-0.4, -0.2) is 30.7 Å². The van der Waals surface area contributed by atoms with Crippen molar-refractivity contribution < 1.29 is 14.7 Å². The fraction of sp³-hybridized carbons (Fsp3) is 0.500. The summed E-state index contributed by atoms with van der Waals surface area (Å²) in [5.41, 5.74) is 3.07. The van der Waals surface area contributed by atoms with Gasteiger partial charge in [-0.2, -0.15) is 0 Å². The molecule has 0 aliphatic heterocycles. The Morgan fingerprint density at radius 3 is 2.33 bits per heavy atom. The minimum Gasteiger partial charge on any atom is -0.481 e. The Morgan fingerprint density at radius 2 is 1.81 bits per heavy atom. The molecule has 1 atom stereocenters. The molecule has 2 N–H and O–H groups in total. The van der Waals surface area contributed by atoms with E-state index < -0.39 is 5.97 Å². The topological polar surface area (TPSA) is 69.6 Å². The highest BCUT2D eigenvalue weighted by Gasteiger charge is 2.13. The molecule has 0 aromatic heterocycles. The third-order valence-corrected chi connectivity index (χ3v) is 3.35. The second-order valence-corrected chi connectivity index (χ2v) is 5.63. The minimum absolute atomic E-state index is 0.129. The van der Waals surface area contributed by atoms with Gasteiger partial charge in [0.05, 0.1) is 0 Å². The van der Waals surface area contributed by atoms with Crippen molar-refractivity contribution in [3.05, 3.63) is 29.3 Å². The van der Waals surface area contributed by atoms with Crippen LogP contribution in [0.5, 0.6) is 0 Å². The second kappa shape index (κ2) is 7.67. The lowest BCUT2D eigenvalue weighted by Gasteiger charge is -2.20. The molecule has 1 aromatic rings. The van der Waals surface area contributed by atoms with Crippen LogP contribution in [0.2, 0.25) is 0 Å². The summed E-state index contributed by atoms with van der Waals surface area (Å²) < 4.78 is 0. The third-order valence-electron chi connectivity index (χ3n) is 3.35. The summed E-state index contributed by atoms with van der Waals surface area (Å²) in [6, 6.07) is 5.80. The number of carboxylic acid groups (broad SMARTS) is 1. The average molecular weight is 292 g/mol. The van der Waals surface area contributed by atoms with Gasteiger partial charge < -0.3 is 10.4 Å². The molecule has 5 nitrogen and oxygen atoms in total. The second-order valence-electron chi connectivity index (χ2n) is 5.63. The molecule has 1 rings (SSSR count). The molecule has 0 saturated heterocycles. The molecule has 116 valence electrons. The Labute approximate surface area is 126 Å². The van der Waals surface area contributed by atoms with Crippen LogP contribution in [0.1, 0.15) is 30.9 Å². The van der Waals surface area contributed by atoms with Gasteiger partial charge in [-0.15, -0.1) is 0 Å². The molecule has 0 aliphatic carbocycles. The van der Waals surface area contributed by atoms with Gasteiger partial charge in [0.15, 0.2) is 0 Å². The molecule has 1 aromatic carbocycles. The van der Waals surface area contributed by atoms with Gasteiger partial charge in [-0.3, -0.25) is 9.69 Å².